The summed E-state index contributed by atoms with van der Waals surface area (Å²) in [6.45, 7) is 6.04. The second-order valence-corrected chi connectivity index (χ2v) is 6.61. The highest BCUT2D eigenvalue weighted by atomic mass is 16.5. The van der Waals surface area contributed by atoms with Gasteiger partial charge < -0.3 is 15.2 Å². The first-order chi connectivity index (χ1) is 11.9. The van der Waals surface area contributed by atoms with Gasteiger partial charge in [-0.3, -0.25) is 10.5 Å². The Morgan fingerprint density at radius 3 is 2.72 bits per heavy atom. The molecule has 6 heteroatoms. The summed E-state index contributed by atoms with van der Waals surface area (Å²) in [6.07, 6.45) is 2.15. The van der Waals surface area contributed by atoms with Crippen molar-refractivity contribution < 1.29 is 14.6 Å². The largest absolute Gasteiger partial charge is 0.471 e. The lowest BCUT2D eigenvalue weighted by Crippen LogP contribution is -2.40. The monoisotopic (exact) mass is 347 g/mol. The molecule has 0 saturated carbocycles. The number of unbranched alkanes of at least 4 members (excludes halogenated alkanes) is 2. The van der Waals surface area contributed by atoms with Gasteiger partial charge in [0.15, 0.2) is 6.23 Å². The lowest BCUT2D eigenvalue weighted by Gasteiger charge is -2.22. The SMILES string of the molecule is CCCCCC(=O)Nc1ccc(OC(N)C(O)CC(C)C)c(C#N)c1. The molecule has 0 spiro atoms. The fourth-order valence-electron chi connectivity index (χ4n) is 2.40. The third-order valence-electron chi connectivity index (χ3n) is 3.75. The van der Waals surface area contributed by atoms with Gasteiger partial charge in [0, 0.05) is 12.1 Å². The van der Waals surface area contributed by atoms with Crippen molar-refractivity contribution in [3.8, 4) is 11.8 Å². The van der Waals surface area contributed by atoms with Crippen molar-refractivity contribution in [3.63, 3.8) is 0 Å². The number of rotatable bonds is 10. The van der Waals surface area contributed by atoms with Gasteiger partial charge in [0.2, 0.25) is 5.91 Å². The van der Waals surface area contributed by atoms with Crippen LogP contribution in [0.3, 0.4) is 0 Å². The highest BCUT2D eigenvalue weighted by molar-refractivity contribution is 5.91. The molecule has 0 aliphatic rings. The molecule has 4 N–H and O–H groups in total. The van der Waals surface area contributed by atoms with E-state index in [4.69, 9.17) is 10.5 Å². The standard InChI is InChI=1S/C19H29N3O3/c1-4-5-6-7-18(24)22-15-8-9-17(14(11-15)12-20)25-19(21)16(23)10-13(2)3/h8-9,11,13,16,19,23H,4-7,10,21H2,1-3H3,(H,22,24). The molecule has 0 radical (unpaired) electrons. The number of carbonyl (C=O) groups is 1. The summed E-state index contributed by atoms with van der Waals surface area (Å²) in [5, 5.41) is 22.1. The number of nitrogens with one attached hydrogen (secondary N) is 1. The van der Waals surface area contributed by atoms with E-state index in [-0.39, 0.29) is 17.4 Å². The molecule has 0 bridgehead atoms. The summed E-state index contributed by atoms with van der Waals surface area (Å²) in [6, 6.07) is 6.83. The quantitative estimate of drug-likeness (QED) is 0.445. The molecule has 1 aromatic rings. The smallest absolute Gasteiger partial charge is 0.224 e. The van der Waals surface area contributed by atoms with Crippen LogP contribution in [0.15, 0.2) is 18.2 Å². The number of anilines is 1. The zero-order valence-corrected chi connectivity index (χ0v) is 15.3. The third-order valence-corrected chi connectivity index (χ3v) is 3.75. The minimum absolute atomic E-state index is 0.0740. The van der Waals surface area contributed by atoms with E-state index in [9.17, 15) is 15.2 Å². The van der Waals surface area contributed by atoms with Gasteiger partial charge >= 0.3 is 0 Å². The second kappa shape index (κ2) is 10.7. The molecular formula is C19H29N3O3. The molecule has 0 aromatic heterocycles. The first-order valence-corrected chi connectivity index (χ1v) is 8.81. The van der Waals surface area contributed by atoms with Gasteiger partial charge in [0.05, 0.1) is 5.56 Å². The van der Waals surface area contributed by atoms with Gasteiger partial charge in [-0.2, -0.15) is 5.26 Å². The Labute approximate surface area is 150 Å². The van der Waals surface area contributed by atoms with Crippen LogP contribution in [-0.2, 0) is 4.79 Å². The Morgan fingerprint density at radius 2 is 2.12 bits per heavy atom. The Bertz CT molecular complexity index is 596. The van der Waals surface area contributed by atoms with Crippen LogP contribution in [0.25, 0.3) is 0 Å². The Hall–Kier alpha value is -2.10. The van der Waals surface area contributed by atoms with Gasteiger partial charge in [-0.1, -0.05) is 33.6 Å². The minimum atomic E-state index is -0.913. The third kappa shape index (κ3) is 7.55. The maximum atomic E-state index is 11.9. The van der Waals surface area contributed by atoms with Gasteiger partial charge in [-0.05, 0) is 37.0 Å². The zero-order chi connectivity index (χ0) is 18.8. The van der Waals surface area contributed by atoms with Crippen LogP contribution in [0.4, 0.5) is 5.69 Å². The maximum absolute atomic E-state index is 11.9. The van der Waals surface area contributed by atoms with E-state index in [1.165, 1.54) is 0 Å². The molecule has 2 unspecified atom stereocenters. The summed E-state index contributed by atoms with van der Waals surface area (Å²) in [5.41, 5.74) is 6.66. The van der Waals surface area contributed by atoms with Crippen molar-refractivity contribution in [2.75, 3.05) is 5.32 Å². The van der Waals surface area contributed by atoms with E-state index in [2.05, 4.69) is 12.2 Å². The summed E-state index contributed by atoms with van der Waals surface area (Å²) >= 11 is 0. The summed E-state index contributed by atoms with van der Waals surface area (Å²) in [5.74, 6) is 0.502. The topological polar surface area (TPSA) is 108 Å². The van der Waals surface area contributed by atoms with Gasteiger partial charge in [0.1, 0.15) is 17.9 Å². The van der Waals surface area contributed by atoms with Crippen LogP contribution in [0.2, 0.25) is 0 Å². The van der Waals surface area contributed by atoms with E-state index < -0.39 is 12.3 Å². The molecule has 1 amide bonds. The fraction of sp³-hybridized carbons (Fsp3) is 0.579. The number of benzene rings is 1. The Balaban J connectivity index is 2.72. The van der Waals surface area contributed by atoms with Crippen molar-refractivity contribution in [1.29, 1.82) is 5.26 Å². The molecule has 0 fully saturated rings. The molecule has 25 heavy (non-hydrogen) atoms. The molecule has 0 saturated heterocycles. The molecule has 6 nitrogen and oxygen atoms in total. The first kappa shape index (κ1) is 20.9. The zero-order valence-electron chi connectivity index (χ0n) is 15.3. The number of carbonyl (C=O) groups excluding carboxylic acids is 1. The van der Waals surface area contributed by atoms with E-state index >= 15 is 0 Å². The number of nitriles is 1. The lowest BCUT2D eigenvalue weighted by atomic mass is 10.1. The number of hydrogen-bond donors (Lipinski definition) is 3. The Kier molecular flexibility index (Phi) is 8.96. The van der Waals surface area contributed by atoms with E-state index in [0.717, 1.165) is 19.3 Å². The molecule has 0 heterocycles. The highest BCUT2D eigenvalue weighted by Crippen LogP contribution is 2.24. The van der Waals surface area contributed by atoms with E-state index in [0.29, 0.717) is 24.3 Å². The van der Waals surface area contributed by atoms with Gasteiger partial charge in [-0.25, -0.2) is 0 Å². The second-order valence-electron chi connectivity index (χ2n) is 6.61. The first-order valence-electron chi connectivity index (χ1n) is 8.81. The molecule has 0 aliphatic carbocycles. The molecule has 0 aliphatic heterocycles. The van der Waals surface area contributed by atoms with E-state index in [1.54, 1.807) is 18.2 Å². The molecular weight excluding hydrogens is 318 g/mol. The number of nitrogens with two attached hydrogens (primary N) is 1. The normalized spacial score (nSPS) is 13.2. The van der Waals surface area contributed by atoms with Crippen molar-refractivity contribution in [2.24, 2.45) is 11.7 Å². The number of hydrogen-bond acceptors (Lipinski definition) is 5. The number of aliphatic hydroxyl groups excluding tert-OH is 1. The highest BCUT2D eigenvalue weighted by Gasteiger charge is 2.19. The van der Waals surface area contributed by atoms with Gasteiger partial charge in [0.25, 0.3) is 0 Å². The van der Waals surface area contributed by atoms with Crippen LogP contribution >= 0.6 is 0 Å². The maximum Gasteiger partial charge on any atom is 0.224 e. The van der Waals surface area contributed by atoms with Crippen LogP contribution in [0.1, 0.15) is 58.4 Å². The lowest BCUT2D eigenvalue weighted by molar-refractivity contribution is -0.116. The van der Waals surface area contributed by atoms with Crippen LogP contribution in [0.5, 0.6) is 5.75 Å². The molecule has 1 aromatic carbocycles. The van der Waals surface area contributed by atoms with Crippen molar-refractivity contribution in [1.82, 2.24) is 0 Å². The average Bonchev–Trinajstić information content (AvgIpc) is 2.55. The summed E-state index contributed by atoms with van der Waals surface area (Å²) in [7, 11) is 0. The number of amides is 1. The average molecular weight is 347 g/mol. The van der Waals surface area contributed by atoms with Crippen LogP contribution in [0, 0.1) is 17.2 Å². The van der Waals surface area contributed by atoms with E-state index in [1.807, 2.05) is 19.9 Å². The Morgan fingerprint density at radius 1 is 1.40 bits per heavy atom. The van der Waals surface area contributed by atoms with Crippen molar-refractivity contribution in [3.05, 3.63) is 23.8 Å². The van der Waals surface area contributed by atoms with Crippen LogP contribution in [-0.4, -0.2) is 23.3 Å². The van der Waals surface area contributed by atoms with Crippen molar-refractivity contribution >= 4 is 11.6 Å². The summed E-state index contributed by atoms with van der Waals surface area (Å²) < 4.78 is 5.53. The summed E-state index contributed by atoms with van der Waals surface area (Å²) in [4.78, 5) is 11.9. The fourth-order valence-corrected chi connectivity index (χ4v) is 2.40. The molecule has 1 rings (SSSR count). The number of ether oxygens (including phenoxy) is 1. The van der Waals surface area contributed by atoms with Crippen LogP contribution < -0.4 is 15.8 Å². The predicted octanol–water partition coefficient (Wildman–Crippen LogP) is 3.15. The number of nitrogens with zero attached hydrogens (tertiary/aromatic N) is 1. The molecule has 138 valence electrons. The van der Waals surface area contributed by atoms with Gasteiger partial charge in [-0.15, -0.1) is 0 Å². The number of aliphatic hydroxyl groups is 1. The minimum Gasteiger partial charge on any atom is -0.471 e. The van der Waals surface area contributed by atoms with Crippen molar-refractivity contribution in [2.45, 2.75) is 65.2 Å². The predicted molar refractivity (Wildman–Crippen MR) is 98.0 cm³/mol. The molecule has 2 atom stereocenters.